The molecule has 1 N–H and O–H groups in total. The van der Waals surface area contributed by atoms with Gasteiger partial charge in [0.25, 0.3) is 5.91 Å². The first-order chi connectivity index (χ1) is 8.91. The van der Waals surface area contributed by atoms with E-state index in [9.17, 15) is 4.79 Å². The van der Waals surface area contributed by atoms with E-state index in [1.54, 1.807) is 4.68 Å². The fraction of sp³-hybridized carbons (Fsp3) is 0.286. The lowest BCUT2D eigenvalue weighted by Gasteiger charge is -2.09. The molecule has 1 aromatic heterocycles. The molecule has 1 aromatic carbocycles. The summed E-state index contributed by atoms with van der Waals surface area (Å²) in [5.41, 5.74) is 4.08. The van der Waals surface area contributed by atoms with E-state index in [1.807, 2.05) is 46.0 Å². The fourth-order valence-corrected chi connectivity index (χ4v) is 2.39. The zero-order valence-corrected chi connectivity index (χ0v) is 13.0. The molecule has 0 aliphatic heterocycles. The second-order valence-corrected chi connectivity index (χ2v) is 5.35. The topological polar surface area (TPSA) is 46.9 Å². The van der Waals surface area contributed by atoms with Crippen LogP contribution in [0.25, 0.3) is 0 Å². The third-order valence-corrected chi connectivity index (χ3v) is 4.23. The number of halogens is 1. The van der Waals surface area contributed by atoms with E-state index in [4.69, 9.17) is 0 Å². The molecule has 4 nitrogen and oxygen atoms in total. The number of amides is 1. The molecule has 5 heteroatoms. The van der Waals surface area contributed by atoms with Gasteiger partial charge in [-0.2, -0.15) is 5.10 Å². The first-order valence-electron chi connectivity index (χ1n) is 5.98. The summed E-state index contributed by atoms with van der Waals surface area (Å²) in [6, 6.07) is 5.77. The van der Waals surface area contributed by atoms with Crippen LogP contribution in [0.5, 0.6) is 0 Å². The fourth-order valence-electron chi connectivity index (χ4n) is 2.03. The number of benzene rings is 1. The number of rotatable bonds is 2. The number of aryl methyl sites for hydroxylation is 3. The number of carbonyl (C=O) groups is 1. The SMILES string of the molecule is Cc1cccc(NC(=O)c2c(C)nn(C)c2C)c1Br. The molecule has 1 heterocycles. The van der Waals surface area contributed by atoms with Gasteiger partial charge in [-0.3, -0.25) is 9.48 Å². The van der Waals surface area contributed by atoms with Crippen molar-refractivity contribution in [2.24, 2.45) is 7.05 Å². The summed E-state index contributed by atoms with van der Waals surface area (Å²) in [6.07, 6.45) is 0. The van der Waals surface area contributed by atoms with Crippen molar-refractivity contribution in [3.63, 3.8) is 0 Å². The Balaban J connectivity index is 2.34. The van der Waals surface area contributed by atoms with E-state index in [-0.39, 0.29) is 5.91 Å². The molecule has 0 saturated heterocycles. The molecule has 0 saturated carbocycles. The van der Waals surface area contributed by atoms with Gasteiger partial charge in [0.05, 0.1) is 16.9 Å². The number of carbonyl (C=O) groups excluding carboxylic acids is 1. The molecule has 0 spiro atoms. The van der Waals surface area contributed by atoms with Crippen LogP contribution in [0.2, 0.25) is 0 Å². The molecule has 0 atom stereocenters. The molecule has 0 unspecified atom stereocenters. The van der Waals surface area contributed by atoms with Gasteiger partial charge in [-0.05, 0) is 48.3 Å². The Morgan fingerprint density at radius 3 is 2.58 bits per heavy atom. The van der Waals surface area contributed by atoms with Crippen molar-refractivity contribution in [1.82, 2.24) is 9.78 Å². The summed E-state index contributed by atoms with van der Waals surface area (Å²) >= 11 is 3.49. The lowest BCUT2D eigenvalue weighted by molar-refractivity contribution is 0.102. The second kappa shape index (κ2) is 5.17. The van der Waals surface area contributed by atoms with Crippen molar-refractivity contribution < 1.29 is 4.79 Å². The van der Waals surface area contributed by atoms with Crippen LogP contribution in [0.4, 0.5) is 5.69 Å². The zero-order valence-electron chi connectivity index (χ0n) is 11.4. The Morgan fingerprint density at radius 2 is 2.00 bits per heavy atom. The van der Waals surface area contributed by atoms with Crippen LogP contribution < -0.4 is 5.32 Å². The van der Waals surface area contributed by atoms with Crippen LogP contribution in [0.3, 0.4) is 0 Å². The molecular formula is C14H16BrN3O. The number of nitrogens with one attached hydrogen (secondary N) is 1. The number of nitrogens with zero attached hydrogens (tertiary/aromatic N) is 2. The average Bonchev–Trinajstić information content (AvgIpc) is 2.59. The molecule has 0 aliphatic carbocycles. The van der Waals surface area contributed by atoms with Crippen molar-refractivity contribution in [2.75, 3.05) is 5.32 Å². The summed E-state index contributed by atoms with van der Waals surface area (Å²) in [5, 5.41) is 7.18. The maximum absolute atomic E-state index is 12.3. The monoisotopic (exact) mass is 321 g/mol. The van der Waals surface area contributed by atoms with Crippen molar-refractivity contribution in [2.45, 2.75) is 20.8 Å². The predicted octanol–water partition coefficient (Wildman–Crippen LogP) is 3.36. The molecule has 100 valence electrons. The van der Waals surface area contributed by atoms with Crippen LogP contribution in [0, 0.1) is 20.8 Å². The van der Waals surface area contributed by atoms with Crippen LogP contribution >= 0.6 is 15.9 Å². The first-order valence-corrected chi connectivity index (χ1v) is 6.77. The van der Waals surface area contributed by atoms with Crippen LogP contribution in [-0.2, 0) is 7.05 Å². The molecule has 0 aliphatic rings. The van der Waals surface area contributed by atoms with E-state index in [2.05, 4.69) is 26.3 Å². The predicted molar refractivity (Wildman–Crippen MR) is 79.5 cm³/mol. The standard InChI is InChI=1S/C14H16BrN3O/c1-8-6-5-7-11(13(8)15)16-14(19)12-9(2)17-18(4)10(12)3/h5-7H,1-4H3,(H,16,19). The summed E-state index contributed by atoms with van der Waals surface area (Å²) in [7, 11) is 1.84. The second-order valence-electron chi connectivity index (χ2n) is 4.56. The van der Waals surface area contributed by atoms with Gasteiger partial charge in [-0.15, -0.1) is 0 Å². The van der Waals surface area contributed by atoms with Crippen LogP contribution in [0.1, 0.15) is 27.3 Å². The summed E-state index contributed by atoms with van der Waals surface area (Å²) in [5.74, 6) is -0.130. The highest BCUT2D eigenvalue weighted by molar-refractivity contribution is 9.10. The Kier molecular flexibility index (Phi) is 3.75. The minimum Gasteiger partial charge on any atom is -0.321 e. The lowest BCUT2D eigenvalue weighted by Crippen LogP contribution is -2.14. The van der Waals surface area contributed by atoms with E-state index >= 15 is 0 Å². The smallest absolute Gasteiger partial charge is 0.259 e. The summed E-state index contributed by atoms with van der Waals surface area (Å²) in [4.78, 5) is 12.3. The summed E-state index contributed by atoms with van der Waals surface area (Å²) < 4.78 is 2.62. The van der Waals surface area contributed by atoms with Gasteiger partial charge in [-0.1, -0.05) is 12.1 Å². The largest absolute Gasteiger partial charge is 0.321 e. The summed E-state index contributed by atoms with van der Waals surface area (Å²) in [6.45, 7) is 5.72. The third kappa shape index (κ3) is 2.56. The maximum Gasteiger partial charge on any atom is 0.259 e. The first kappa shape index (κ1) is 13.8. The van der Waals surface area contributed by atoms with E-state index in [0.29, 0.717) is 5.56 Å². The Bertz CT molecular complexity index is 646. The highest BCUT2D eigenvalue weighted by Gasteiger charge is 2.18. The van der Waals surface area contributed by atoms with Gasteiger partial charge in [-0.25, -0.2) is 0 Å². The molecule has 0 bridgehead atoms. The normalized spacial score (nSPS) is 10.6. The van der Waals surface area contributed by atoms with Gasteiger partial charge in [0, 0.05) is 17.2 Å². The molecular weight excluding hydrogens is 306 g/mol. The van der Waals surface area contributed by atoms with Crippen molar-refractivity contribution >= 4 is 27.5 Å². The van der Waals surface area contributed by atoms with Crippen LogP contribution in [0.15, 0.2) is 22.7 Å². The number of aromatic nitrogens is 2. The lowest BCUT2D eigenvalue weighted by atomic mass is 10.1. The molecule has 2 rings (SSSR count). The minimum atomic E-state index is -0.130. The van der Waals surface area contributed by atoms with Gasteiger partial charge in [0.2, 0.25) is 0 Å². The highest BCUT2D eigenvalue weighted by Crippen LogP contribution is 2.26. The number of hydrogen-bond acceptors (Lipinski definition) is 2. The Morgan fingerprint density at radius 1 is 1.32 bits per heavy atom. The van der Waals surface area contributed by atoms with Gasteiger partial charge < -0.3 is 5.32 Å². The molecule has 0 fully saturated rings. The number of anilines is 1. The molecule has 2 aromatic rings. The van der Waals surface area contributed by atoms with Crippen molar-refractivity contribution in [3.05, 3.63) is 45.2 Å². The van der Waals surface area contributed by atoms with Crippen molar-refractivity contribution in [3.8, 4) is 0 Å². The number of hydrogen-bond donors (Lipinski definition) is 1. The zero-order chi connectivity index (χ0) is 14.2. The van der Waals surface area contributed by atoms with Crippen LogP contribution in [-0.4, -0.2) is 15.7 Å². The highest BCUT2D eigenvalue weighted by atomic mass is 79.9. The Labute approximate surface area is 120 Å². The van der Waals surface area contributed by atoms with E-state index < -0.39 is 0 Å². The Hall–Kier alpha value is -1.62. The van der Waals surface area contributed by atoms with Gasteiger partial charge >= 0.3 is 0 Å². The van der Waals surface area contributed by atoms with Gasteiger partial charge in [0.15, 0.2) is 0 Å². The molecule has 19 heavy (non-hydrogen) atoms. The average molecular weight is 322 g/mol. The van der Waals surface area contributed by atoms with Crippen molar-refractivity contribution in [1.29, 1.82) is 0 Å². The van der Waals surface area contributed by atoms with E-state index in [1.165, 1.54) is 0 Å². The third-order valence-electron chi connectivity index (χ3n) is 3.18. The van der Waals surface area contributed by atoms with Gasteiger partial charge in [0.1, 0.15) is 0 Å². The molecule has 0 radical (unpaired) electrons. The van der Waals surface area contributed by atoms with E-state index in [0.717, 1.165) is 27.1 Å². The quantitative estimate of drug-likeness (QED) is 0.921. The molecule has 1 amide bonds. The minimum absolute atomic E-state index is 0.130. The maximum atomic E-state index is 12.3.